The van der Waals surface area contributed by atoms with Crippen LogP contribution in [-0.2, 0) is 4.79 Å². The van der Waals surface area contributed by atoms with Gasteiger partial charge in [-0.05, 0) is 57.0 Å². The highest BCUT2D eigenvalue weighted by Crippen LogP contribution is 2.45. The van der Waals surface area contributed by atoms with Crippen molar-refractivity contribution in [1.29, 1.82) is 0 Å². The molecule has 0 radical (unpaired) electrons. The zero-order valence-electron chi connectivity index (χ0n) is 26.3. The van der Waals surface area contributed by atoms with Gasteiger partial charge in [-0.1, -0.05) is 149 Å². The lowest BCUT2D eigenvalue weighted by atomic mass is 9.99. The molecular formula is C35H68N2O. The smallest absolute Gasteiger partial charge is 0.237 e. The monoisotopic (exact) mass is 533 g/mol. The van der Waals surface area contributed by atoms with Gasteiger partial charge >= 0.3 is 0 Å². The van der Waals surface area contributed by atoms with Gasteiger partial charge in [0.1, 0.15) is 0 Å². The molecule has 2 aliphatic rings. The highest BCUT2D eigenvalue weighted by Gasteiger charge is 2.35. The normalized spacial score (nSPS) is 22.1. The van der Waals surface area contributed by atoms with Crippen molar-refractivity contribution in [1.82, 2.24) is 10.2 Å². The molecule has 1 aliphatic heterocycles. The molecule has 0 spiro atoms. The van der Waals surface area contributed by atoms with Gasteiger partial charge in [0.05, 0.1) is 6.04 Å². The van der Waals surface area contributed by atoms with Gasteiger partial charge in [-0.2, -0.15) is 0 Å². The standard InChI is InChI=1S/C35H68N2O/c1-4-7-9-11-13-17-21-26-33(36-35(38)34-28-23-29-37(34)6-3)27-22-18-14-16-20-25-32-30-31(32)24-19-15-12-10-8-5-2/h31-34H,4-30H2,1-3H3,(H,36,38). The van der Waals surface area contributed by atoms with Crippen molar-refractivity contribution in [2.24, 2.45) is 11.8 Å². The summed E-state index contributed by atoms with van der Waals surface area (Å²) < 4.78 is 0. The maximum atomic E-state index is 13.1. The van der Waals surface area contributed by atoms with E-state index in [0.29, 0.717) is 11.9 Å². The zero-order valence-corrected chi connectivity index (χ0v) is 26.3. The third-order valence-corrected chi connectivity index (χ3v) is 9.70. The summed E-state index contributed by atoms with van der Waals surface area (Å²) in [5, 5.41) is 3.51. The van der Waals surface area contributed by atoms with E-state index >= 15 is 0 Å². The number of unbranched alkanes of at least 4 members (excludes halogenated alkanes) is 15. The van der Waals surface area contributed by atoms with Gasteiger partial charge < -0.3 is 5.32 Å². The molecule has 4 unspecified atom stereocenters. The molecule has 1 N–H and O–H groups in total. The third kappa shape index (κ3) is 15.3. The summed E-state index contributed by atoms with van der Waals surface area (Å²) in [6.07, 6.45) is 34.2. The van der Waals surface area contributed by atoms with Crippen molar-refractivity contribution >= 4 is 5.91 Å². The Labute approximate surface area is 239 Å². The first kappa shape index (κ1) is 33.6. The van der Waals surface area contributed by atoms with E-state index in [4.69, 9.17) is 0 Å². The Hall–Kier alpha value is -0.570. The van der Waals surface area contributed by atoms with Crippen molar-refractivity contribution in [2.45, 2.75) is 193 Å². The fourth-order valence-electron chi connectivity index (χ4n) is 6.97. The minimum atomic E-state index is 0.129. The van der Waals surface area contributed by atoms with E-state index in [2.05, 4.69) is 31.0 Å². The number of hydrogen-bond donors (Lipinski definition) is 1. The number of rotatable bonds is 26. The van der Waals surface area contributed by atoms with Crippen LogP contribution >= 0.6 is 0 Å². The maximum absolute atomic E-state index is 13.1. The number of carbonyl (C=O) groups is 1. The van der Waals surface area contributed by atoms with E-state index in [1.807, 2.05) is 0 Å². The van der Waals surface area contributed by atoms with Gasteiger partial charge in [-0.25, -0.2) is 0 Å². The van der Waals surface area contributed by atoms with Crippen LogP contribution in [0.25, 0.3) is 0 Å². The molecule has 1 saturated carbocycles. The second kappa shape index (κ2) is 22.2. The number of amides is 1. The molecule has 38 heavy (non-hydrogen) atoms. The molecule has 3 nitrogen and oxygen atoms in total. The van der Waals surface area contributed by atoms with Crippen LogP contribution in [0.4, 0.5) is 0 Å². The van der Waals surface area contributed by atoms with Crippen LogP contribution in [0.3, 0.4) is 0 Å². The Morgan fingerprint density at radius 2 is 1.16 bits per heavy atom. The summed E-state index contributed by atoms with van der Waals surface area (Å²) in [7, 11) is 0. The Balaban J connectivity index is 1.54. The molecule has 1 aliphatic carbocycles. The quantitative estimate of drug-likeness (QED) is 0.112. The number of likely N-dealkylation sites (N-methyl/N-ethyl adjacent to an activating group) is 1. The predicted molar refractivity (Wildman–Crippen MR) is 167 cm³/mol. The second-order valence-electron chi connectivity index (χ2n) is 13.1. The first-order valence-corrected chi connectivity index (χ1v) is 17.7. The first-order chi connectivity index (χ1) is 18.7. The molecule has 1 saturated heterocycles. The van der Waals surface area contributed by atoms with Crippen molar-refractivity contribution < 1.29 is 4.79 Å². The van der Waals surface area contributed by atoms with Crippen LogP contribution in [0.2, 0.25) is 0 Å². The number of nitrogens with one attached hydrogen (secondary N) is 1. The molecule has 0 bridgehead atoms. The predicted octanol–water partition coefficient (Wildman–Crippen LogP) is 10.2. The lowest BCUT2D eigenvalue weighted by Crippen LogP contribution is -2.46. The Morgan fingerprint density at radius 3 is 1.66 bits per heavy atom. The molecule has 0 aromatic carbocycles. The molecule has 3 heteroatoms. The Kier molecular flexibility index (Phi) is 19.6. The molecule has 4 atom stereocenters. The molecule has 1 amide bonds. The highest BCUT2D eigenvalue weighted by molar-refractivity contribution is 5.82. The lowest BCUT2D eigenvalue weighted by molar-refractivity contribution is -0.126. The molecule has 0 aromatic rings. The van der Waals surface area contributed by atoms with Gasteiger partial charge in [0.15, 0.2) is 0 Å². The summed E-state index contributed by atoms with van der Waals surface area (Å²) in [5.41, 5.74) is 0. The highest BCUT2D eigenvalue weighted by atomic mass is 16.2. The summed E-state index contributed by atoms with van der Waals surface area (Å²) >= 11 is 0. The average Bonchev–Trinajstić information content (AvgIpc) is 3.48. The molecule has 224 valence electrons. The summed E-state index contributed by atoms with van der Waals surface area (Å²) in [5.74, 6) is 2.48. The summed E-state index contributed by atoms with van der Waals surface area (Å²) in [6.45, 7) is 8.89. The van der Waals surface area contributed by atoms with Crippen LogP contribution in [-0.4, -0.2) is 36.0 Å². The maximum Gasteiger partial charge on any atom is 0.237 e. The van der Waals surface area contributed by atoms with Crippen molar-refractivity contribution in [2.75, 3.05) is 13.1 Å². The van der Waals surface area contributed by atoms with Crippen LogP contribution in [0.15, 0.2) is 0 Å². The second-order valence-corrected chi connectivity index (χ2v) is 13.1. The summed E-state index contributed by atoms with van der Waals surface area (Å²) in [6, 6.07) is 0.524. The van der Waals surface area contributed by atoms with Gasteiger partial charge in [0, 0.05) is 6.04 Å². The van der Waals surface area contributed by atoms with Gasteiger partial charge in [-0.3, -0.25) is 9.69 Å². The number of hydrogen-bond acceptors (Lipinski definition) is 2. The SMILES string of the molecule is CCCCCCCCCC(CCCCCCCC1CC1CCCCCCCC)NC(=O)C1CCCN1CC. The van der Waals surface area contributed by atoms with Gasteiger partial charge in [0.25, 0.3) is 0 Å². The fraction of sp³-hybridized carbons (Fsp3) is 0.971. The molecule has 2 fully saturated rings. The van der Waals surface area contributed by atoms with Crippen molar-refractivity contribution in [3.8, 4) is 0 Å². The minimum Gasteiger partial charge on any atom is -0.352 e. The number of nitrogens with zero attached hydrogens (tertiary/aromatic N) is 1. The largest absolute Gasteiger partial charge is 0.352 e. The Morgan fingerprint density at radius 1 is 0.684 bits per heavy atom. The van der Waals surface area contributed by atoms with Gasteiger partial charge in [0.2, 0.25) is 5.91 Å². The van der Waals surface area contributed by atoms with E-state index in [1.165, 1.54) is 154 Å². The zero-order chi connectivity index (χ0) is 27.3. The molecular weight excluding hydrogens is 464 g/mol. The van der Waals surface area contributed by atoms with Crippen LogP contribution in [0, 0.1) is 11.8 Å². The third-order valence-electron chi connectivity index (χ3n) is 9.70. The van der Waals surface area contributed by atoms with Crippen LogP contribution in [0.1, 0.15) is 181 Å². The lowest BCUT2D eigenvalue weighted by Gasteiger charge is -2.26. The summed E-state index contributed by atoms with van der Waals surface area (Å²) in [4.78, 5) is 15.4. The molecule has 0 aromatic heterocycles. The van der Waals surface area contributed by atoms with Crippen molar-refractivity contribution in [3.05, 3.63) is 0 Å². The van der Waals surface area contributed by atoms with Crippen molar-refractivity contribution in [3.63, 3.8) is 0 Å². The fourth-order valence-corrected chi connectivity index (χ4v) is 6.97. The van der Waals surface area contributed by atoms with E-state index in [0.717, 1.165) is 31.3 Å². The average molecular weight is 533 g/mol. The molecule has 1 heterocycles. The van der Waals surface area contributed by atoms with E-state index in [-0.39, 0.29) is 6.04 Å². The first-order valence-electron chi connectivity index (χ1n) is 17.7. The molecule has 2 rings (SSSR count). The minimum absolute atomic E-state index is 0.129. The Bertz CT molecular complexity index is 564. The van der Waals surface area contributed by atoms with E-state index in [9.17, 15) is 4.79 Å². The van der Waals surface area contributed by atoms with E-state index in [1.54, 1.807) is 0 Å². The topological polar surface area (TPSA) is 32.3 Å². The van der Waals surface area contributed by atoms with Gasteiger partial charge in [-0.15, -0.1) is 0 Å². The van der Waals surface area contributed by atoms with Crippen LogP contribution < -0.4 is 5.32 Å². The number of carbonyl (C=O) groups excluding carboxylic acids is 1. The van der Waals surface area contributed by atoms with E-state index < -0.39 is 0 Å². The number of likely N-dealkylation sites (tertiary alicyclic amines) is 1. The van der Waals surface area contributed by atoms with Crippen LogP contribution in [0.5, 0.6) is 0 Å².